The van der Waals surface area contributed by atoms with Gasteiger partial charge in [0.05, 0.1) is 18.2 Å². The smallest absolute Gasteiger partial charge is 0.180 e. The lowest BCUT2D eigenvalue weighted by Crippen LogP contribution is -2.32. The second kappa shape index (κ2) is 5.22. The van der Waals surface area contributed by atoms with E-state index in [1.807, 2.05) is 6.07 Å². The van der Waals surface area contributed by atoms with Gasteiger partial charge in [0.25, 0.3) is 0 Å². The molecule has 2 N–H and O–H groups in total. The lowest BCUT2D eigenvalue weighted by atomic mass is 9.78. The Morgan fingerprint density at radius 1 is 1.05 bits per heavy atom. The minimum Gasteiger partial charge on any atom is -0.489 e. The monoisotopic (exact) mass is 281 g/mol. The average Bonchev–Trinajstić information content (AvgIpc) is 2.77. The SMILES string of the molecule is NCC1(c2ccc(Cl)c3c2OCCCO3)CCCC1. The zero-order chi connectivity index (χ0) is 13.3. The molecule has 1 aliphatic heterocycles. The summed E-state index contributed by atoms with van der Waals surface area (Å²) in [6.45, 7) is 2.00. The number of fused-ring (bicyclic) bond motifs is 1. The zero-order valence-electron chi connectivity index (χ0n) is 11.1. The van der Waals surface area contributed by atoms with E-state index in [0.29, 0.717) is 30.5 Å². The standard InChI is InChI=1S/C15H20ClNO2/c16-12-5-4-11(15(10-17)6-1-2-7-15)13-14(12)19-9-3-8-18-13/h4-5H,1-3,6-10,17H2. The molecule has 4 heteroatoms. The normalized spacial score (nSPS) is 21.2. The lowest BCUT2D eigenvalue weighted by molar-refractivity contribution is 0.293. The van der Waals surface area contributed by atoms with Gasteiger partial charge in [-0.05, 0) is 18.9 Å². The lowest BCUT2D eigenvalue weighted by Gasteiger charge is -2.30. The van der Waals surface area contributed by atoms with Crippen molar-refractivity contribution in [2.45, 2.75) is 37.5 Å². The molecule has 0 spiro atoms. The average molecular weight is 282 g/mol. The fourth-order valence-electron chi connectivity index (χ4n) is 3.28. The molecule has 19 heavy (non-hydrogen) atoms. The highest BCUT2D eigenvalue weighted by Gasteiger charge is 2.38. The first-order valence-electron chi connectivity index (χ1n) is 7.05. The molecule has 0 atom stereocenters. The molecule has 0 radical (unpaired) electrons. The van der Waals surface area contributed by atoms with Gasteiger partial charge in [0.15, 0.2) is 11.5 Å². The fourth-order valence-corrected chi connectivity index (χ4v) is 3.48. The molecular formula is C15H20ClNO2. The molecule has 0 saturated heterocycles. The molecule has 0 amide bonds. The molecule has 3 nitrogen and oxygen atoms in total. The third-order valence-electron chi connectivity index (χ3n) is 4.37. The Balaban J connectivity index is 2.11. The maximum Gasteiger partial charge on any atom is 0.180 e. The summed E-state index contributed by atoms with van der Waals surface area (Å²) in [5, 5.41) is 0.630. The van der Waals surface area contributed by atoms with E-state index in [4.69, 9.17) is 26.8 Å². The van der Waals surface area contributed by atoms with E-state index in [2.05, 4.69) is 6.07 Å². The van der Waals surface area contributed by atoms with Gasteiger partial charge in [-0.2, -0.15) is 0 Å². The number of nitrogens with two attached hydrogens (primary N) is 1. The van der Waals surface area contributed by atoms with Gasteiger partial charge >= 0.3 is 0 Å². The largest absolute Gasteiger partial charge is 0.489 e. The molecule has 1 fully saturated rings. The molecule has 0 unspecified atom stereocenters. The number of ether oxygens (including phenoxy) is 2. The summed E-state index contributed by atoms with van der Waals surface area (Å²) in [6, 6.07) is 3.99. The highest BCUT2D eigenvalue weighted by atomic mass is 35.5. The second-order valence-electron chi connectivity index (χ2n) is 5.50. The predicted octanol–water partition coefficient (Wildman–Crippen LogP) is 3.27. The van der Waals surface area contributed by atoms with E-state index in [1.165, 1.54) is 18.4 Å². The van der Waals surface area contributed by atoms with Crippen LogP contribution < -0.4 is 15.2 Å². The van der Waals surface area contributed by atoms with Gasteiger partial charge in [0.1, 0.15) is 0 Å². The number of halogens is 1. The Morgan fingerprint density at radius 2 is 1.74 bits per heavy atom. The van der Waals surface area contributed by atoms with Crippen LogP contribution in [0.15, 0.2) is 12.1 Å². The van der Waals surface area contributed by atoms with Gasteiger partial charge in [-0.1, -0.05) is 30.5 Å². The summed E-state index contributed by atoms with van der Waals surface area (Å²) in [5.74, 6) is 1.54. The summed E-state index contributed by atoms with van der Waals surface area (Å²) in [4.78, 5) is 0. The van der Waals surface area contributed by atoms with Crippen LogP contribution in [0.5, 0.6) is 11.5 Å². The fraction of sp³-hybridized carbons (Fsp3) is 0.600. The van der Waals surface area contributed by atoms with Gasteiger partial charge in [-0.15, -0.1) is 0 Å². The van der Waals surface area contributed by atoms with Crippen LogP contribution in [0.4, 0.5) is 0 Å². The Hall–Kier alpha value is -0.930. The molecule has 1 aromatic rings. The highest BCUT2D eigenvalue weighted by Crippen LogP contribution is 2.49. The summed E-state index contributed by atoms with van der Waals surface area (Å²) in [6.07, 6.45) is 5.60. The molecule has 104 valence electrons. The van der Waals surface area contributed by atoms with Crippen molar-refractivity contribution in [3.05, 3.63) is 22.7 Å². The van der Waals surface area contributed by atoms with Crippen LogP contribution in [-0.2, 0) is 5.41 Å². The third kappa shape index (κ3) is 2.19. The molecule has 1 saturated carbocycles. The summed E-state index contributed by atoms with van der Waals surface area (Å²) < 4.78 is 11.7. The summed E-state index contributed by atoms with van der Waals surface area (Å²) in [5.41, 5.74) is 7.31. The molecule has 2 aliphatic rings. The van der Waals surface area contributed by atoms with Crippen LogP contribution in [0.3, 0.4) is 0 Å². The predicted molar refractivity (Wildman–Crippen MR) is 76.3 cm³/mol. The van der Waals surface area contributed by atoms with E-state index >= 15 is 0 Å². The van der Waals surface area contributed by atoms with Crippen molar-refractivity contribution in [3.63, 3.8) is 0 Å². The number of rotatable bonds is 2. The molecule has 1 aromatic carbocycles. The second-order valence-corrected chi connectivity index (χ2v) is 5.90. The molecular weight excluding hydrogens is 262 g/mol. The van der Waals surface area contributed by atoms with Crippen molar-refractivity contribution in [2.75, 3.05) is 19.8 Å². The topological polar surface area (TPSA) is 44.5 Å². The van der Waals surface area contributed by atoms with E-state index in [1.54, 1.807) is 0 Å². The van der Waals surface area contributed by atoms with Crippen molar-refractivity contribution in [2.24, 2.45) is 5.73 Å². The van der Waals surface area contributed by atoms with Gasteiger partial charge in [0, 0.05) is 23.9 Å². The van der Waals surface area contributed by atoms with Gasteiger partial charge in [0.2, 0.25) is 0 Å². The Labute approximate surface area is 119 Å². The van der Waals surface area contributed by atoms with Crippen LogP contribution in [0, 0.1) is 0 Å². The highest BCUT2D eigenvalue weighted by molar-refractivity contribution is 6.32. The maximum atomic E-state index is 6.25. The number of benzene rings is 1. The van der Waals surface area contributed by atoms with Gasteiger partial charge in [-0.25, -0.2) is 0 Å². The number of hydrogen-bond acceptors (Lipinski definition) is 3. The van der Waals surface area contributed by atoms with Crippen LogP contribution >= 0.6 is 11.6 Å². The van der Waals surface area contributed by atoms with E-state index in [0.717, 1.165) is 25.0 Å². The van der Waals surface area contributed by atoms with Crippen LogP contribution in [-0.4, -0.2) is 19.8 Å². The first-order chi connectivity index (χ1) is 9.27. The van der Waals surface area contributed by atoms with Crippen LogP contribution in [0.2, 0.25) is 5.02 Å². The summed E-state index contributed by atoms with van der Waals surface area (Å²) >= 11 is 6.25. The maximum absolute atomic E-state index is 6.25. The van der Waals surface area contributed by atoms with Crippen molar-refractivity contribution >= 4 is 11.6 Å². The quantitative estimate of drug-likeness (QED) is 0.905. The van der Waals surface area contributed by atoms with Crippen LogP contribution in [0.1, 0.15) is 37.7 Å². The van der Waals surface area contributed by atoms with Crippen molar-refractivity contribution in [1.29, 1.82) is 0 Å². The Kier molecular flexibility index (Phi) is 3.59. The van der Waals surface area contributed by atoms with Gasteiger partial charge in [-0.3, -0.25) is 0 Å². The summed E-state index contributed by atoms with van der Waals surface area (Å²) in [7, 11) is 0. The van der Waals surface area contributed by atoms with Crippen molar-refractivity contribution < 1.29 is 9.47 Å². The number of hydrogen-bond donors (Lipinski definition) is 1. The van der Waals surface area contributed by atoms with E-state index in [9.17, 15) is 0 Å². The zero-order valence-corrected chi connectivity index (χ0v) is 11.8. The van der Waals surface area contributed by atoms with Crippen LogP contribution in [0.25, 0.3) is 0 Å². The van der Waals surface area contributed by atoms with E-state index in [-0.39, 0.29) is 5.41 Å². The van der Waals surface area contributed by atoms with E-state index < -0.39 is 0 Å². The Morgan fingerprint density at radius 3 is 2.42 bits per heavy atom. The third-order valence-corrected chi connectivity index (χ3v) is 4.67. The first-order valence-corrected chi connectivity index (χ1v) is 7.43. The molecule has 1 heterocycles. The van der Waals surface area contributed by atoms with Gasteiger partial charge < -0.3 is 15.2 Å². The first kappa shape index (κ1) is 13.1. The van der Waals surface area contributed by atoms with Crippen molar-refractivity contribution in [1.82, 2.24) is 0 Å². The molecule has 0 bridgehead atoms. The minimum absolute atomic E-state index is 0.0440. The van der Waals surface area contributed by atoms with Crippen molar-refractivity contribution in [3.8, 4) is 11.5 Å². The molecule has 3 rings (SSSR count). The minimum atomic E-state index is 0.0440. The molecule has 1 aliphatic carbocycles. The molecule has 0 aromatic heterocycles. The Bertz CT molecular complexity index is 469.